The Labute approximate surface area is 124 Å². The molecule has 3 N–H and O–H groups in total. The Hall–Kier alpha value is -2.28. The molecule has 0 unspecified atom stereocenters. The lowest BCUT2D eigenvalue weighted by Crippen LogP contribution is -2.14. The lowest BCUT2D eigenvalue weighted by Gasteiger charge is -2.12. The fraction of sp³-hybridized carbons (Fsp3) is 0.214. The maximum atomic E-state index is 12.3. The first-order valence-electron chi connectivity index (χ1n) is 6.40. The fourth-order valence-electron chi connectivity index (χ4n) is 1.76. The first-order valence-corrected chi connectivity index (χ1v) is 7.88. The Kier molecular flexibility index (Phi) is 4.32. The summed E-state index contributed by atoms with van der Waals surface area (Å²) in [6, 6.07) is 8.02. The first-order chi connectivity index (χ1) is 9.92. The number of sulfonamides is 1. The number of ether oxygens (including phenoxy) is 1. The summed E-state index contributed by atoms with van der Waals surface area (Å²) in [6.07, 6.45) is 1.22. The van der Waals surface area contributed by atoms with E-state index in [0.717, 1.165) is 5.56 Å². The third-order valence-electron chi connectivity index (χ3n) is 2.82. The molecule has 1 heterocycles. The van der Waals surface area contributed by atoms with E-state index in [0.29, 0.717) is 18.0 Å². The number of benzene rings is 1. The zero-order valence-corrected chi connectivity index (χ0v) is 12.6. The van der Waals surface area contributed by atoms with Crippen molar-refractivity contribution in [3.05, 3.63) is 42.1 Å². The van der Waals surface area contributed by atoms with E-state index in [-0.39, 0.29) is 10.7 Å². The molecule has 7 heteroatoms. The standard InChI is InChI=1S/C14H17N3O3S/c1-3-20-11-4-6-13(10(2)8-11)17-21(18,19)12-5-7-14(15)16-9-12/h4-9,17H,3H2,1-2H3,(H2,15,16). The van der Waals surface area contributed by atoms with Gasteiger partial charge in [0, 0.05) is 6.20 Å². The summed E-state index contributed by atoms with van der Waals surface area (Å²) in [5, 5.41) is 0. The third kappa shape index (κ3) is 3.63. The van der Waals surface area contributed by atoms with E-state index in [1.54, 1.807) is 18.2 Å². The number of nitrogens with zero attached hydrogens (tertiary/aromatic N) is 1. The smallest absolute Gasteiger partial charge is 0.263 e. The van der Waals surface area contributed by atoms with Crippen molar-refractivity contribution >= 4 is 21.5 Å². The Balaban J connectivity index is 2.26. The highest BCUT2D eigenvalue weighted by atomic mass is 32.2. The van der Waals surface area contributed by atoms with Crippen LogP contribution in [0.1, 0.15) is 12.5 Å². The van der Waals surface area contributed by atoms with Crippen LogP contribution in [0.3, 0.4) is 0 Å². The predicted octanol–water partition coefficient (Wildman–Crippen LogP) is 2.17. The Morgan fingerprint density at radius 3 is 2.62 bits per heavy atom. The molecule has 0 aliphatic heterocycles. The van der Waals surface area contributed by atoms with Gasteiger partial charge in [0.2, 0.25) is 0 Å². The van der Waals surface area contributed by atoms with Gasteiger partial charge in [-0.25, -0.2) is 13.4 Å². The van der Waals surface area contributed by atoms with Crippen LogP contribution in [0.2, 0.25) is 0 Å². The molecule has 0 radical (unpaired) electrons. The van der Waals surface area contributed by atoms with Gasteiger partial charge in [0.25, 0.3) is 10.0 Å². The lowest BCUT2D eigenvalue weighted by atomic mass is 10.2. The maximum Gasteiger partial charge on any atom is 0.263 e. The number of pyridine rings is 1. The number of aromatic nitrogens is 1. The summed E-state index contributed by atoms with van der Waals surface area (Å²) in [5.41, 5.74) is 6.72. The molecule has 112 valence electrons. The van der Waals surface area contributed by atoms with Gasteiger partial charge in [0.15, 0.2) is 0 Å². The molecule has 0 atom stereocenters. The lowest BCUT2D eigenvalue weighted by molar-refractivity contribution is 0.340. The molecule has 0 saturated heterocycles. The summed E-state index contributed by atoms with van der Waals surface area (Å²) in [5.74, 6) is 0.971. The van der Waals surface area contributed by atoms with Gasteiger partial charge in [-0.05, 0) is 49.7 Å². The van der Waals surface area contributed by atoms with Crippen LogP contribution in [-0.2, 0) is 10.0 Å². The number of aryl methyl sites for hydroxylation is 1. The van der Waals surface area contributed by atoms with Crippen LogP contribution in [0, 0.1) is 6.92 Å². The van der Waals surface area contributed by atoms with Crippen molar-refractivity contribution in [2.24, 2.45) is 0 Å². The molecule has 0 fully saturated rings. The van der Waals surface area contributed by atoms with Crippen molar-refractivity contribution in [3.8, 4) is 5.75 Å². The molecule has 0 aliphatic rings. The highest BCUT2D eigenvalue weighted by Gasteiger charge is 2.15. The molecule has 0 saturated carbocycles. The quantitative estimate of drug-likeness (QED) is 0.883. The molecule has 6 nitrogen and oxygen atoms in total. The molecule has 2 aromatic rings. The van der Waals surface area contributed by atoms with E-state index in [1.165, 1.54) is 18.3 Å². The van der Waals surface area contributed by atoms with Gasteiger partial charge in [0.1, 0.15) is 16.5 Å². The highest BCUT2D eigenvalue weighted by molar-refractivity contribution is 7.92. The molecular weight excluding hydrogens is 290 g/mol. The SMILES string of the molecule is CCOc1ccc(NS(=O)(=O)c2ccc(N)nc2)c(C)c1. The molecule has 21 heavy (non-hydrogen) atoms. The Bertz CT molecular complexity index is 728. The number of nitrogen functional groups attached to an aromatic ring is 1. The Morgan fingerprint density at radius 2 is 2.05 bits per heavy atom. The summed E-state index contributed by atoms with van der Waals surface area (Å²) < 4.78 is 32.4. The minimum Gasteiger partial charge on any atom is -0.494 e. The topological polar surface area (TPSA) is 94.3 Å². The van der Waals surface area contributed by atoms with Crippen LogP contribution in [0.15, 0.2) is 41.4 Å². The van der Waals surface area contributed by atoms with Gasteiger partial charge in [0.05, 0.1) is 12.3 Å². The van der Waals surface area contributed by atoms with Crippen LogP contribution in [0.4, 0.5) is 11.5 Å². The number of nitrogens with two attached hydrogens (primary N) is 1. The van der Waals surface area contributed by atoms with Crippen molar-refractivity contribution in [1.29, 1.82) is 0 Å². The van der Waals surface area contributed by atoms with Gasteiger partial charge in [-0.2, -0.15) is 0 Å². The number of anilines is 2. The predicted molar refractivity (Wildman–Crippen MR) is 81.8 cm³/mol. The van der Waals surface area contributed by atoms with E-state index in [4.69, 9.17) is 10.5 Å². The van der Waals surface area contributed by atoms with E-state index in [9.17, 15) is 8.42 Å². The molecule has 2 rings (SSSR count). The van der Waals surface area contributed by atoms with Crippen LogP contribution in [0.25, 0.3) is 0 Å². The fourth-order valence-corrected chi connectivity index (χ4v) is 2.84. The summed E-state index contributed by atoms with van der Waals surface area (Å²) in [7, 11) is -3.69. The van der Waals surface area contributed by atoms with Crippen LogP contribution in [0.5, 0.6) is 5.75 Å². The van der Waals surface area contributed by atoms with Gasteiger partial charge >= 0.3 is 0 Å². The monoisotopic (exact) mass is 307 g/mol. The number of rotatable bonds is 5. The summed E-state index contributed by atoms with van der Waals surface area (Å²) in [6.45, 7) is 4.25. The summed E-state index contributed by atoms with van der Waals surface area (Å²) >= 11 is 0. The van der Waals surface area contributed by atoms with Crippen molar-refractivity contribution in [2.75, 3.05) is 17.1 Å². The normalized spacial score (nSPS) is 11.1. The van der Waals surface area contributed by atoms with Gasteiger partial charge in [-0.1, -0.05) is 0 Å². The van der Waals surface area contributed by atoms with E-state index in [1.807, 2.05) is 13.8 Å². The maximum absolute atomic E-state index is 12.3. The molecule has 0 spiro atoms. The highest BCUT2D eigenvalue weighted by Crippen LogP contribution is 2.24. The molecule has 1 aromatic heterocycles. The van der Waals surface area contributed by atoms with Gasteiger partial charge in [-0.3, -0.25) is 4.72 Å². The molecule has 1 aromatic carbocycles. The second-order valence-electron chi connectivity index (χ2n) is 4.43. The molecule has 0 aliphatic carbocycles. The largest absolute Gasteiger partial charge is 0.494 e. The zero-order valence-electron chi connectivity index (χ0n) is 11.8. The third-order valence-corrected chi connectivity index (χ3v) is 4.17. The van der Waals surface area contributed by atoms with Crippen LogP contribution < -0.4 is 15.2 Å². The van der Waals surface area contributed by atoms with Gasteiger partial charge in [-0.15, -0.1) is 0 Å². The molecule has 0 amide bonds. The minimum absolute atomic E-state index is 0.0602. The van der Waals surface area contributed by atoms with Crippen LogP contribution in [-0.4, -0.2) is 20.0 Å². The Morgan fingerprint density at radius 1 is 1.29 bits per heavy atom. The number of hydrogen-bond donors (Lipinski definition) is 2. The average Bonchev–Trinajstić information content (AvgIpc) is 2.42. The van der Waals surface area contributed by atoms with E-state index in [2.05, 4.69) is 9.71 Å². The second-order valence-corrected chi connectivity index (χ2v) is 6.12. The van der Waals surface area contributed by atoms with Crippen molar-refractivity contribution < 1.29 is 13.2 Å². The van der Waals surface area contributed by atoms with Crippen molar-refractivity contribution in [3.63, 3.8) is 0 Å². The second kappa shape index (κ2) is 6.01. The number of hydrogen-bond acceptors (Lipinski definition) is 5. The molecule has 0 bridgehead atoms. The zero-order chi connectivity index (χ0) is 15.5. The van der Waals surface area contributed by atoms with E-state index < -0.39 is 10.0 Å². The minimum atomic E-state index is -3.69. The van der Waals surface area contributed by atoms with Crippen molar-refractivity contribution in [2.45, 2.75) is 18.7 Å². The van der Waals surface area contributed by atoms with Crippen molar-refractivity contribution in [1.82, 2.24) is 4.98 Å². The summed E-state index contributed by atoms with van der Waals surface area (Å²) in [4.78, 5) is 3.85. The van der Waals surface area contributed by atoms with Gasteiger partial charge < -0.3 is 10.5 Å². The van der Waals surface area contributed by atoms with E-state index >= 15 is 0 Å². The number of nitrogens with one attached hydrogen (secondary N) is 1. The first kappa shape index (κ1) is 15.1. The van der Waals surface area contributed by atoms with Crippen LogP contribution >= 0.6 is 0 Å². The molecular formula is C14H17N3O3S. The average molecular weight is 307 g/mol.